The Morgan fingerprint density at radius 3 is 2.22 bits per heavy atom. The van der Waals surface area contributed by atoms with Crippen molar-refractivity contribution in [3.05, 3.63) is 34.9 Å². The van der Waals surface area contributed by atoms with Gasteiger partial charge in [-0.15, -0.1) is 0 Å². The van der Waals surface area contributed by atoms with Gasteiger partial charge >= 0.3 is 0 Å². The van der Waals surface area contributed by atoms with Crippen LogP contribution in [-0.4, -0.2) is 11.3 Å². The number of ketones is 1. The van der Waals surface area contributed by atoms with Crippen LogP contribution in [0.2, 0.25) is 0 Å². The van der Waals surface area contributed by atoms with E-state index in [0.29, 0.717) is 6.42 Å². The Kier molecular flexibility index (Phi) is 3.86. The Hall–Kier alpha value is -1.15. The summed E-state index contributed by atoms with van der Waals surface area (Å²) in [6.45, 7) is 4.06. The van der Waals surface area contributed by atoms with Gasteiger partial charge in [0.2, 0.25) is 0 Å². The zero-order chi connectivity index (χ0) is 13.2. The van der Waals surface area contributed by atoms with Crippen LogP contribution in [0.4, 0.5) is 0 Å². The lowest BCUT2D eigenvalue weighted by molar-refractivity contribution is 0.0934. The average Bonchev–Trinajstić information content (AvgIpc) is 2.28. The van der Waals surface area contributed by atoms with Gasteiger partial charge in [0, 0.05) is 17.5 Å². The van der Waals surface area contributed by atoms with E-state index in [-0.39, 0.29) is 11.3 Å². The molecule has 1 aliphatic rings. The molecule has 0 saturated heterocycles. The molecule has 2 nitrogen and oxygen atoms in total. The molecule has 98 valence electrons. The number of hydrogen-bond acceptors (Lipinski definition) is 2. The molecule has 0 heterocycles. The minimum Gasteiger partial charge on any atom is -0.325 e. The third-order valence-electron chi connectivity index (χ3n) is 3.91. The molecule has 0 bridgehead atoms. The average molecular weight is 245 g/mol. The van der Waals surface area contributed by atoms with Crippen molar-refractivity contribution in [3.8, 4) is 0 Å². The highest BCUT2D eigenvalue weighted by atomic mass is 16.1. The molecule has 2 heteroatoms. The van der Waals surface area contributed by atoms with Crippen LogP contribution in [0, 0.1) is 13.8 Å². The summed E-state index contributed by atoms with van der Waals surface area (Å²) < 4.78 is 0. The van der Waals surface area contributed by atoms with E-state index in [2.05, 4.69) is 6.07 Å². The van der Waals surface area contributed by atoms with Crippen molar-refractivity contribution in [2.45, 2.75) is 57.9 Å². The van der Waals surface area contributed by atoms with Gasteiger partial charge in [-0.2, -0.15) is 0 Å². The van der Waals surface area contributed by atoms with Gasteiger partial charge in [0.1, 0.15) is 0 Å². The van der Waals surface area contributed by atoms with Crippen LogP contribution in [0.15, 0.2) is 18.2 Å². The monoisotopic (exact) mass is 245 g/mol. The predicted octanol–water partition coefficient (Wildman–Crippen LogP) is 3.54. The molecule has 1 fully saturated rings. The van der Waals surface area contributed by atoms with Crippen LogP contribution in [-0.2, 0) is 0 Å². The van der Waals surface area contributed by atoms with E-state index >= 15 is 0 Å². The Bertz CT molecular complexity index is 424. The highest BCUT2D eigenvalue weighted by Crippen LogP contribution is 2.30. The maximum atomic E-state index is 12.3. The molecular weight excluding hydrogens is 222 g/mol. The molecule has 0 radical (unpaired) electrons. The Labute approximate surface area is 110 Å². The second kappa shape index (κ2) is 5.23. The third kappa shape index (κ3) is 3.20. The van der Waals surface area contributed by atoms with Crippen molar-refractivity contribution in [2.24, 2.45) is 5.73 Å². The Morgan fingerprint density at radius 2 is 1.67 bits per heavy atom. The fourth-order valence-corrected chi connectivity index (χ4v) is 2.99. The van der Waals surface area contributed by atoms with Crippen LogP contribution >= 0.6 is 0 Å². The number of carbonyl (C=O) groups excluding carboxylic acids is 1. The number of benzene rings is 1. The molecule has 2 N–H and O–H groups in total. The first-order chi connectivity index (χ1) is 8.48. The molecule has 0 atom stereocenters. The SMILES string of the molecule is Cc1cc(C)cc(C(=O)CC2(N)CCCCC2)c1. The zero-order valence-corrected chi connectivity index (χ0v) is 11.5. The lowest BCUT2D eigenvalue weighted by Crippen LogP contribution is -2.43. The van der Waals surface area contributed by atoms with Gasteiger partial charge in [-0.05, 0) is 38.8 Å². The fourth-order valence-electron chi connectivity index (χ4n) is 2.99. The summed E-state index contributed by atoms with van der Waals surface area (Å²) in [4.78, 5) is 12.3. The number of aryl methyl sites for hydroxylation is 2. The quantitative estimate of drug-likeness (QED) is 0.828. The molecule has 0 aromatic heterocycles. The summed E-state index contributed by atoms with van der Waals surface area (Å²) in [5.74, 6) is 0.200. The summed E-state index contributed by atoms with van der Waals surface area (Å²) in [6.07, 6.45) is 6.06. The number of rotatable bonds is 3. The van der Waals surface area contributed by atoms with Crippen LogP contribution in [0.5, 0.6) is 0 Å². The number of nitrogens with two attached hydrogens (primary N) is 1. The predicted molar refractivity (Wildman–Crippen MR) is 74.9 cm³/mol. The third-order valence-corrected chi connectivity index (χ3v) is 3.91. The summed E-state index contributed by atoms with van der Waals surface area (Å²) in [5.41, 5.74) is 9.21. The van der Waals surface area contributed by atoms with Crippen molar-refractivity contribution in [3.63, 3.8) is 0 Å². The second-order valence-corrected chi connectivity index (χ2v) is 5.90. The van der Waals surface area contributed by atoms with Crippen LogP contribution in [0.25, 0.3) is 0 Å². The minimum absolute atomic E-state index is 0.200. The standard InChI is InChI=1S/C16H23NO/c1-12-8-13(2)10-14(9-12)15(18)11-16(17)6-4-3-5-7-16/h8-10H,3-7,11,17H2,1-2H3. The summed E-state index contributed by atoms with van der Waals surface area (Å²) in [7, 11) is 0. The molecular formula is C16H23NO. The van der Waals surface area contributed by atoms with Gasteiger partial charge in [0.15, 0.2) is 5.78 Å². The van der Waals surface area contributed by atoms with Crippen molar-refractivity contribution < 1.29 is 4.79 Å². The van der Waals surface area contributed by atoms with Gasteiger partial charge < -0.3 is 5.73 Å². The molecule has 0 spiro atoms. The van der Waals surface area contributed by atoms with E-state index in [1.165, 1.54) is 6.42 Å². The van der Waals surface area contributed by atoms with E-state index in [0.717, 1.165) is 42.4 Å². The molecule has 0 aliphatic heterocycles. The minimum atomic E-state index is -0.257. The Morgan fingerprint density at radius 1 is 1.11 bits per heavy atom. The van der Waals surface area contributed by atoms with Gasteiger partial charge in [-0.3, -0.25) is 4.79 Å². The highest BCUT2D eigenvalue weighted by Gasteiger charge is 2.30. The van der Waals surface area contributed by atoms with E-state index < -0.39 is 0 Å². The van der Waals surface area contributed by atoms with Crippen molar-refractivity contribution in [1.82, 2.24) is 0 Å². The maximum Gasteiger partial charge on any atom is 0.164 e. The maximum absolute atomic E-state index is 12.3. The van der Waals surface area contributed by atoms with Crippen molar-refractivity contribution >= 4 is 5.78 Å². The normalized spacial score (nSPS) is 18.6. The Balaban J connectivity index is 2.11. The fraction of sp³-hybridized carbons (Fsp3) is 0.562. The molecule has 1 aromatic rings. The molecule has 18 heavy (non-hydrogen) atoms. The molecule has 1 aromatic carbocycles. The first-order valence-electron chi connectivity index (χ1n) is 6.89. The van der Waals surface area contributed by atoms with Crippen LogP contribution in [0.3, 0.4) is 0 Å². The van der Waals surface area contributed by atoms with Gasteiger partial charge in [0.25, 0.3) is 0 Å². The second-order valence-electron chi connectivity index (χ2n) is 5.90. The lowest BCUT2D eigenvalue weighted by Gasteiger charge is -2.32. The highest BCUT2D eigenvalue weighted by molar-refractivity contribution is 5.97. The molecule has 1 saturated carbocycles. The zero-order valence-electron chi connectivity index (χ0n) is 11.5. The molecule has 0 amide bonds. The summed E-state index contributed by atoms with van der Waals surface area (Å²) >= 11 is 0. The van der Waals surface area contributed by atoms with Crippen LogP contribution < -0.4 is 5.73 Å². The van der Waals surface area contributed by atoms with Crippen molar-refractivity contribution in [2.75, 3.05) is 0 Å². The first-order valence-corrected chi connectivity index (χ1v) is 6.89. The molecule has 2 rings (SSSR count). The van der Waals surface area contributed by atoms with Gasteiger partial charge in [0.05, 0.1) is 0 Å². The lowest BCUT2D eigenvalue weighted by atomic mass is 9.78. The van der Waals surface area contributed by atoms with Crippen LogP contribution in [0.1, 0.15) is 60.0 Å². The van der Waals surface area contributed by atoms with E-state index in [1.807, 2.05) is 26.0 Å². The largest absolute Gasteiger partial charge is 0.325 e. The number of Topliss-reactive ketones (excluding diaryl/α,β-unsaturated/α-hetero) is 1. The van der Waals surface area contributed by atoms with Gasteiger partial charge in [-0.25, -0.2) is 0 Å². The first kappa shape index (κ1) is 13.3. The van der Waals surface area contributed by atoms with Crippen molar-refractivity contribution in [1.29, 1.82) is 0 Å². The molecule has 0 unspecified atom stereocenters. The number of hydrogen-bond donors (Lipinski definition) is 1. The van der Waals surface area contributed by atoms with E-state index in [9.17, 15) is 4.79 Å². The van der Waals surface area contributed by atoms with E-state index in [4.69, 9.17) is 5.73 Å². The summed E-state index contributed by atoms with van der Waals surface area (Å²) in [5, 5.41) is 0. The van der Waals surface area contributed by atoms with E-state index in [1.54, 1.807) is 0 Å². The molecule has 1 aliphatic carbocycles. The number of carbonyl (C=O) groups is 1. The smallest absolute Gasteiger partial charge is 0.164 e. The summed E-state index contributed by atoms with van der Waals surface area (Å²) in [6, 6.07) is 6.04. The topological polar surface area (TPSA) is 43.1 Å². The van der Waals surface area contributed by atoms with Gasteiger partial charge in [-0.1, -0.05) is 36.5 Å².